The Morgan fingerprint density at radius 2 is 0.486 bits per heavy atom. The van der Waals surface area contributed by atoms with Crippen LogP contribution in [0.15, 0.2) is 237 Å². The number of anilines is 6. The first-order chi connectivity index (χ1) is 35.4. The molecule has 348 valence electrons. The highest BCUT2D eigenvalue weighted by atomic mass is 35.5. The lowest BCUT2D eigenvalue weighted by Gasteiger charge is -2.11. The number of hydrogen-bond donors (Lipinski definition) is 3. The fourth-order valence-electron chi connectivity index (χ4n) is 8.13. The minimum atomic E-state index is 0.679. The van der Waals surface area contributed by atoms with E-state index in [-0.39, 0.29) is 0 Å². The standard InChI is InChI=1S/3C20H14ClN3/c3*21-15-9-6-10-16(13-15)22-20-18-12-5-4-11-17(18)19(23-24-20)14-7-2-1-3-8-14/h3*1-13H,(H,22,24). The van der Waals surface area contributed by atoms with Crippen LogP contribution in [0.1, 0.15) is 0 Å². The van der Waals surface area contributed by atoms with Gasteiger partial charge in [0, 0.05) is 81.1 Å². The Kier molecular flexibility index (Phi) is 14.6. The van der Waals surface area contributed by atoms with E-state index in [9.17, 15) is 0 Å². The maximum atomic E-state index is 6.06. The minimum Gasteiger partial charge on any atom is -0.338 e. The minimum absolute atomic E-state index is 0.679. The summed E-state index contributed by atoms with van der Waals surface area (Å²) in [6, 6.07) is 77.3. The molecule has 0 amide bonds. The van der Waals surface area contributed by atoms with Crippen LogP contribution in [0, 0.1) is 0 Å². The summed E-state index contributed by atoms with van der Waals surface area (Å²) in [4.78, 5) is 0. The van der Waals surface area contributed by atoms with Crippen LogP contribution < -0.4 is 16.0 Å². The predicted octanol–water partition coefficient (Wildman–Crippen LogP) is 17.1. The van der Waals surface area contributed by atoms with Gasteiger partial charge in [0.15, 0.2) is 17.5 Å². The van der Waals surface area contributed by atoms with Crippen LogP contribution in [-0.2, 0) is 0 Å². The first-order valence-corrected chi connectivity index (χ1v) is 24.1. The number of fused-ring (bicyclic) bond motifs is 3. The van der Waals surface area contributed by atoms with Crippen molar-refractivity contribution in [1.82, 2.24) is 30.6 Å². The number of nitrogens with zero attached hydrogens (tertiary/aromatic N) is 6. The van der Waals surface area contributed by atoms with Crippen molar-refractivity contribution >= 4 is 102 Å². The van der Waals surface area contributed by atoms with Crippen LogP contribution in [0.3, 0.4) is 0 Å². The molecule has 0 radical (unpaired) electrons. The van der Waals surface area contributed by atoms with Gasteiger partial charge in [-0.3, -0.25) is 0 Å². The van der Waals surface area contributed by atoms with Gasteiger partial charge in [0.05, 0.1) is 0 Å². The molecule has 0 aliphatic carbocycles. The molecule has 72 heavy (non-hydrogen) atoms. The number of nitrogens with one attached hydrogen (secondary N) is 3. The molecule has 0 fully saturated rings. The molecular formula is C60H42Cl3N9. The van der Waals surface area contributed by atoms with E-state index in [1.165, 1.54) is 0 Å². The Bertz CT molecular complexity index is 3390. The summed E-state index contributed by atoms with van der Waals surface area (Å²) in [5.41, 5.74) is 8.44. The molecule has 0 aliphatic rings. The van der Waals surface area contributed by atoms with Crippen LogP contribution in [0.25, 0.3) is 66.1 Å². The summed E-state index contributed by atoms with van der Waals surface area (Å²) in [5.74, 6) is 2.15. The van der Waals surface area contributed by atoms with Crippen molar-refractivity contribution < 1.29 is 0 Å². The van der Waals surface area contributed by atoms with E-state index in [4.69, 9.17) is 34.8 Å². The van der Waals surface area contributed by atoms with E-state index in [1.54, 1.807) is 0 Å². The van der Waals surface area contributed by atoms with E-state index >= 15 is 0 Å². The van der Waals surface area contributed by atoms with Gasteiger partial charge in [0.1, 0.15) is 17.1 Å². The molecule has 0 aliphatic heterocycles. The fraction of sp³-hybridized carbons (Fsp3) is 0. The summed E-state index contributed by atoms with van der Waals surface area (Å²) in [7, 11) is 0. The zero-order valence-corrected chi connectivity index (χ0v) is 40.6. The van der Waals surface area contributed by atoms with E-state index in [0.29, 0.717) is 32.5 Å². The molecule has 0 unspecified atom stereocenters. The van der Waals surface area contributed by atoms with Gasteiger partial charge in [-0.05, 0) is 54.6 Å². The molecule has 0 spiro atoms. The van der Waals surface area contributed by atoms with Gasteiger partial charge in [0.25, 0.3) is 0 Å². The van der Waals surface area contributed by atoms with E-state index in [1.807, 2.05) is 218 Å². The lowest BCUT2D eigenvalue weighted by Crippen LogP contribution is -1.99. The molecule has 0 saturated heterocycles. The molecular weight excluding hydrogens is 953 g/mol. The van der Waals surface area contributed by atoms with Crippen LogP contribution in [0.5, 0.6) is 0 Å². The van der Waals surface area contributed by atoms with Gasteiger partial charge in [-0.25, -0.2) is 0 Å². The Morgan fingerprint density at radius 1 is 0.236 bits per heavy atom. The lowest BCUT2D eigenvalue weighted by molar-refractivity contribution is 1.06. The highest BCUT2D eigenvalue weighted by Crippen LogP contribution is 2.34. The van der Waals surface area contributed by atoms with Crippen molar-refractivity contribution in [3.05, 3.63) is 252 Å². The SMILES string of the molecule is Clc1cccc(Nc2nnc(-c3ccccc3)c3ccccc23)c1.Clc1cccc(Nc2nnc(-c3ccccc3)c3ccccc23)c1.Clc1cccc(Nc2nnc(-c3ccccc3)c3ccccc23)c1. The third-order valence-corrected chi connectivity index (χ3v) is 12.2. The molecule has 3 N–H and O–H groups in total. The molecule has 9 aromatic carbocycles. The average Bonchev–Trinajstić information content (AvgIpc) is 3.42. The van der Waals surface area contributed by atoms with Crippen molar-refractivity contribution in [1.29, 1.82) is 0 Å². The van der Waals surface area contributed by atoms with Crippen molar-refractivity contribution in [2.45, 2.75) is 0 Å². The van der Waals surface area contributed by atoms with Crippen molar-refractivity contribution in [2.75, 3.05) is 16.0 Å². The number of rotatable bonds is 9. The zero-order valence-electron chi connectivity index (χ0n) is 38.3. The third-order valence-electron chi connectivity index (χ3n) is 11.5. The van der Waals surface area contributed by atoms with Gasteiger partial charge in [-0.1, -0.05) is 217 Å². The van der Waals surface area contributed by atoms with Crippen LogP contribution in [0.2, 0.25) is 15.1 Å². The normalized spacial score (nSPS) is 10.7. The van der Waals surface area contributed by atoms with Crippen LogP contribution in [0.4, 0.5) is 34.5 Å². The molecule has 3 heterocycles. The van der Waals surface area contributed by atoms with E-state index < -0.39 is 0 Å². The highest BCUT2D eigenvalue weighted by Gasteiger charge is 2.14. The van der Waals surface area contributed by atoms with E-state index in [2.05, 4.69) is 64.7 Å². The zero-order chi connectivity index (χ0) is 49.1. The number of hydrogen-bond acceptors (Lipinski definition) is 9. The summed E-state index contributed by atoms with van der Waals surface area (Å²) < 4.78 is 0. The van der Waals surface area contributed by atoms with Gasteiger partial charge in [0.2, 0.25) is 0 Å². The third kappa shape index (κ3) is 11.2. The average molecular weight is 995 g/mol. The second kappa shape index (κ2) is 22.4. The van der Waals surface area contributed by atoms with Crippen molar-refractivity contribution in [3.8, 4) is 33.8 Å². The topological polar surface area (TPSA) is 113 Å². The fourth-order valence-corrected chi connectivity index (χ4v) is 8.70. The quantitative estimate of drug-likeness (QED) is 0.130. The number of aromatic nitrogens is 6. The first-order valence-electron chi connectivity index (χ1n) is 22.9. The molecule has 12 rings (SSSR count). The van der Waals surface area contributed by atoms with Crippen molar-refractivity contribution in [3.63, 3.8) is 0 Å². The molecule has 0 bridgehead atoms. The van der Waals surface area contributed by atoms with Crippen LogP contribution in [-0.4, -0.2) is 30.6 Å². The summed E-state index contributed by atoms with van der Waals surface area (Å²) in [6.07, 6.45) is 0. The van der Waals surface area contributed by atoms with Gasteiger partial charge >= 0.3 is 0 Å². The van der Waals surface area contributed by atoms with Crippen molar-refractivity contribution in [2.24, 2.45) is 0 Å². The molecule has 12 aromatic rings. The number of halogens is 3. The van der Waals surface area contributed by atoms with E-state index in [0.717, 1.165) is 83.2 Å². The Hall–Kier alpha value is -8.73. The molecule has 9 nitrogen and oxygen atoms in total. The van der Waals surface area contributed by atoms with Crippen LogP contribution >= 0.6 is 34.8 Å². The summed E-state index contributed by atoms with van der Waals surface area (Å²) in [6.45, 7) is 0. The largest absolute Gasteiger partial charge is 0.338 e. The van der Waals surface area contributed by atoms with Gasteiger partial charge in [-0.15, -0.1) is 30.6 Å². The summed E-state index contributed by atoms with van der Waals surface area (Å²) in [5, 5.41) is 44.8. The first kappa shape index (κ1) is 47.0. The predicted molar refractivity (Wildman–Crippen MR) is 299 cm³/mol. The summed E-state index contributed by atoms with van der Waals surface area (Å²) >= 11 is 18.2. The Labute approximate surface area is 431 Å². The van der Waals surface area contributed by atoms with Gasteiger partial charge < -0.3 is 16.0 Å². The number of benzene rings is 9. The molecule has 0 atom stereocenters. The lowest BCUT2D eigenvalue weighted by atomic mass is 10.0. The highest BCUT2D eigenvalue weighted by molar-refractivity contribution is 6.31. The Morgan fingerprint density at radius 3 is 0.750 bits per heavy atom. The maximum Gasteiger partial charge on any atom is 0.161 e. The monoisotopic (exact) mass is 993 g/mol. The molecule has 12 heteroatoms. The van der Waals surface area contributed by atoms with Gasteiger partial charge in [-0.2, -0.15) is 0 Å². The second-order valence-corrected chi connectivity index (χ2v) is 17.6. The molecule has 3 aromatic heterocycles. The Balaban J connectivity index is 0.000000124. The maximum absolute atomic E-state index is 6.06. The smallest absolute Gasteiger partial charge is 0.161 e. The molecule has 0 saturated carbocycles. The second-order valence-electron chi connectivity index (χ2n) is 16.3.